The van der Waals surface area contributed by atoms with Gasteiger partial charge in [-0.15, -0.1) is 0 Å². The van der Waals surface area contributed by atoms with Gasteiger partial charge in [-0.3, -0.25) is 0 Å². The number of rotatable bonds is 3. The Kier molecular flexibility index (Phi) is 3.21. The number of hydrogen-bond acceptors (Lipinski definition) is 2. The van der Waals surface area contributed by atoms with Crippen LogP contribution >= 0.6 is 0 Å². The molecule has 0 atom stereocenters. The van der Waals surface area contributed by atoms with E-state index in [9.17, 15) is 9.59 Å². The summed E-state index contributed by atoms with van der Waals surface area (Å²) < 4.78 is 0. The molecule has 0 bridgehead atoms. The highest BCUT2D eigenvalue weighted by Gasteiger charge is 2.40. The van der Waals surface area contributed by atoms with Gasteiger partial charge in [0, 0.05) is 19.6 Å². The fraction of sp³-hybridized carbons (Fsp3) is 0.800. The molecule has 2 amide bonds. The SMILES string of the molecule is CCN1CCCN(C(C)(C)C(=O)O)C1=O. The summed E-state index contributed by atoms with van der Waals surface area (Å²) in [6, 6.07) is -0.170. The molecule has 1 aliphatic heterocycles. The van der Waals surface area contributed by atoms with Gasteiger partial charge in [-0.05, 0) is 27.2 Å². The van der Waals surface area contributed by atoms with Crippen molar-refractivity contribution in [3.8, 4) is 0 Å². The zero-order valence-electron chi connectivity index (χ0n) is 9.49. The number of carbonyl (C=O) groups is 2. The minimum atomic E-state index is -1.12. The Morgan fingerprint density at radius 1 is 1.47 bits per heavy atom. The molecule has 1 fully saturated rings. The van der Waals surface area contributed by atoms with Crippen LogP contribution in [-0.2, 0) is 4.79 Å². The largest absolute Gasteiger partial charge is 0.480 e. The van der Waals surface area contributed by atoms with Crippen LogP contribution in [0, 0.1) is 0 Å². The average Bonchev–Trinajstić information content (AvgIpc) is 2.17. The van der Waals surface area contributed by atoms with Crippen LogP contribution in [0.3, 0.4) is 0 Å². The second-order valence-corrected chi connectivity index (χ2v) is 4.23. The molecule has 0 aromatic rings. The van der Waals surface area contributed by atoms with Gasteiger partial charge in [0.2, 0.25) is 0 Å². The molecule has 1 saturated heterocycles. The van der Waals surface area contributed by atoms with Crippen LogP contribution < -0.4 is 0 Å². The van der Waals surface area contributed by atoms with Crippen LogP contribution in [0.4, 0.5) is 4.79 Å². The molecule has 0 unspecified atom stereocenters. The quantitative estimate of drug-likeness (QED) is 0.762. The second-order valence-electron chi connectivity index (χ2n) is 4.23. The van der Waals surface area contributed by atoms with Crippen LogP contribution in [0.15, 0.2) is 0 Å². The molecule has 5 nitrogen and oxygen atoms in total. The second kappa shape index (κ2) is 4.08. The van der Waals surface area contributed by atoms with E-state index in [1.54, 1.807) is 18.7 Å². The Bertz CT molecular complexity index is 276. The molecular weight excluding hydrogens is 196 g/mol. The molecule has 86 valence electrons. The van der Waals surface area contributed by atoms with Crippen LogP contribution in [-0.4, -0.2) is 52.1 Å². The third kappa shape index (κ3) is 2.06. The molecule has 0 aliphatic carbocycles. The maximum atomic E-state index is 11.9. The average molecular weight is 214 g/mol. The van der Waals surface area contributed by atoms with Crippen molar-refractivity contribution in [1.82, 2.24) is 9.80 Å². The Morgan fingerprint density at radius 3 is 2.53 bits per heavy atom. The first kappa shape index (κ1) is 11.8. The normalized spacial score (nSPS) is 18.2. The predicted molar refractivity (Wildman–Crippen MR) is 55.7 cm³/mol. The van der Waals surface area contributed by atoms with E-state index in [0.717, 1.165) is 13.0 Å². The lowest BCUT2D eigenvalue weighted by molar-refractivity contribution is -0.148. The van der Waals surface area contributed by atoms with Crippen molar-refractivity contribution >= 4 is 12.0 Å². The van der Waals surface area contributed by atoms with Gasteiger partial charge in [-0.1, -0.05) is 0 Å². The monoisotopic (exact) mass is 214 g/mol. The van der Waals surface area contributed by atoms with Crippen LogP contribution in [0.1, 0.15) is 27.2 Å². The first-order chi connectivity index (χ1) is 6.91. The maximum Gasteiger partial charge on any atom is 0.329 e. The summed E-state index contributed by atoms with van der Waals surface area (Å²) in [6.45, 7) is 6.90. The Balaban J connectivity index is 2.86. The molecular formula is C10H18N2O3. The summed E-state index contributed by atoms with van der Waals surface area (Å²) >= 11 is 0. The number of hydrogen-bond donors (Lipinski definition) is 1. The third-order valence-corrected chi connectivity index (χ3v) is 2.89. The van der Waals surface area contributed by atoms with Gasteiger partial charge in [0.1, 0.15) is 5.54 Å². The van der Waals surface area contributed by atoms with Gasteiger partial charge in [-0.25, -0.2) is 9.59 Å². The molecule has 0 saturated carbocycles. The standard InChI is InChI=1S/C10H18N2O3/c1-4-11-6-5-7-12(9(11)15)10(2,3)8(13)14/h4-7H2,1-3H3,(H,13,14). The fourth-order valence-electron chi connectivity index (χ4n) is 1.71. The lowest BCUT2D eigenvalue weighted by Crippen LogP contribution is -2.60. The predicted octanol–water partition coefficient (Wildman–Crippen LogP) is 0.997. The summed E-state index contributed by atoms with van der Waals surface area (Å²) in [5.41, 5.74) is -1.12. The number of amides is 2. The molecule has 1 N–H and O–H groups in total. The Hall–Kier alpha value is -1.26. The van der Waals surface area contributed by atoms with Gasteiger partial charge < -0.3 is 14.9 Å². The highest BCUT2D eigenvalue weighted by Crippen LogP contribution is 2.20. The van der Waals surface area contributed by atoms with Gasteiger partial charge in [0.25, 0.3) is 0 Å². The topological polar surface area (TPSA) is 60.9 Å². The molecule has 1 heterocycles. The van der Waals surface area contributed by atoms with Gasteiger partial charge >= 0.3 is 12.0 Å². The van der Waals surface area contributed by atoms with Crippen molar-refractivity contribution < 1.29 is 14.7 Å². The summed E-state index contributed by atoms with van der Waals surface area (Å²) in [5, 5.41) is 9.06. The Labute approximate surface area is 89.7 Å². The molecule has 15 heavy (non-hydrogen) atoms. The summed E-state index contributed by atoms with van der Waals surface area (Å²) in [6.07, 6.45) is 0.830. The number of urea groups is 1. The smallest absolute Gasteiger partial charge is 0.329 e. The van der Waals surface area contributed by atoms with Crippen molar-refractivity contribution in [2.45, 2.75) is 32.7 Å². The van der Waals surface area contributed by atoms with Crippen molar-refractivity contribution in [2.75, 3.05) is 19.6 Å². The Morgan fingerprint density at radius 2 is 2.07 bits per heavy atom. The van der Waals surface area contributed by atoms with E-state index in [4.69, 9.17) is 5.11 Å². The van der Waals surface area contributed by atoms with Crippen molar-refractivity contribution in [3.05, 3.63) is 0 Å². The highest BCUT2D eigenvalue weighted by molar-refractivity contribution is 5.86. The minimum absolute atomic E-state index is 0.170. The van der Waals surface area contributed by atoms with E-state index in [2.05, 4.69) is 0 Å². The van der Waals surface area contributed by atoms with E-state index >= 15 is 0 Å². The molecule has 1 aliphatic rings. The minimum Gasteiger partial charge on any atom is -0.480 e. The number of carbonyl (C=O) groups excluding carboxylic acids is 1. The fourth-order valence-corrected chi connectivity index (χ4v) is 1.71. The zero-order valence-corrected chi connectivity index (χ0v) is 9.49. The van der Waals surface area contributed by atoms with Crippen molar-refractivity contribution in [2.24, 2.45) is 0 Å². The van der Waals surface area contributed by atoms with Gasteiger partial charge in [0.05, 0.1) is 0 Å². The van der Waals surface area contributed by atoms with Crippen LogP contribution in [0.5, 0.6) is 0 Å². The lowest BCUT2D eigenvalue weighted by atomic mass is 10.0. The zero-order chi connectivity index (χ0) is 11.6. The van der Waals surface area contributed by atoms with Crippen molar-refractivity contribution in [3.63, 3.8) is 0 Å². The number of nitrogens with zero attached hydrogens (tertiary/aromatic N) is 2. The van der Waals surface area contributed by atoms with E-state index < -0.39 is 11.5 Å². The van der Waals surface area contributed by atoms with Crippen LogP contribution in [0.2, 0.25) is 0 Å². The molecule has 5 heteroatoms. The van der Waals surface area contributed by atoms with Crippen molar-refractivity contribution in [1.29, 1.82) is 0 Å². The number of carboxylic acid groups (broad SMARTS) is 1. The molecule has 1 rings (SSSR count). The van der Waals surface area contributed by atoms with E-state index in [-0.39, 0.29) is 6.03 Å². The molecule has 0 radical (unpaired) electrons. The van der Waals surface area contributed by atoms with E-state index in [1.807, 2.05) is 6.92 Å². The van der Waals surface area contributed by atoms with Gasteiger partial charge in [-0.2, -0.15) is 0 Å². The summed E-state index contributed by atoms with van der Waals surface area (Å²) in [7, 11) is 0. The summed E-state index contributed by atoms with van der Waals surface area (Å²) in [5.74, 6) is -0.964. The van der Waals surface area contributed by atoms with E-state index in [0.29, 0.717) is 13.1 Å². The van der Waals surface area contributed by atoms with Crippen LogP contribution in [0.25, 0.3) is 0 Å². The maximum absolute atomic E-state index is 11.9. The molecule has 0 spiro atoms. The van der Waals surface area contributed by atoms with Gasteiger partial charge in [0.15, 0.2) is 0 Å². The molecule has 0 aromatic heterocycles. The number of aliphatic carboxylic acids is 1. The summed E-state index contributed by atoms with van der Waals surface area (Å²) in [4.78, 5) is 26.1. The van der Waals surface area contributed by atoms with E-state index in [1.165, 1.54) is 4.90 Å². The number of carboxylic acids is 1. The first-order valence-corrected chi connectivity index (χ1v) is 5.21. The third-order valence-electron chi connectivity index (χ3n) is 2.89. The highest BCUT2D eigenvalue weighted by atomic mass is 16.4. The molecule has 0 aromatic carbocycles. The lowest BCUT2D eigenvalue weighted by Gasteiger charge is -2.42. The first-order valence-electron chi connectivity index (χ1n) is 5.21.